The Labute approximate surface area is 179 Å². The second-order valence-electron chi connectivity index (χ2n) is 8.90. The maximum Gasteiger partial charge on any atom is 0.244 e. The molecule has 6 heteroatoms. The number of anilines is 1. The van der Waals surface area contributed by atoms with Crippen LogP contribution in [-0.4, -0.2) is 29.2 Å². The molecule has 1 aliphatic heterocycles. The second-order valence-corrected chi connectivity index (χ2v) is 8.90. The van der Waals surface area contributed by atoms with E-state index < -0.39 is 0 Å². The molecule has 4 aliphatic carbocycles. The van der Waals surface area contributed by atoms with Crippen molar-refractivity contribution in [2.24, 2.45) is 35.5 Å². The van der Waals surface area contributed by atoms with E-state index in [0.29, 0.717) is 23.3 Å². The highest BCUT2D eigenvalue weighted by Crippen LogP contribution is 2.65. The zero-order valence-corrected chi connectivity index (χ0v) is 16.8. The maximum absolute atomic E-state index is 13.0. The summed E-state index contributed by atoms with van der Waals surface area (Å²) in [6.07, 6.45) is 5.39. The molecule has 2 bridgehead atoms. The van der Waals surface area contributed by atoms with Gasteiger partial charge in [-0.25, -0.2) is 0 Å². The van der Waals surface area contributed by atoms with Gasteiger partial charge in [0.05, 0.1) is 11.8 Å². The third-order valence-corrected chi connectivity index (χ3v) is 7.17. The van der Waals surface area contributed by atoms with Crippen molar-refractivity contribution in [1.82, 2.24) is 4.90 Å². The van der Waals surface area contributed by atoms with Crippen molar-refractivity contribution in [1.29, 1.82) is 0 Å². The summed E-state index contributed by atoms with van der Waals surface area (Å²) < 4.78 is 5.75. The van der Waals surface area contributed by atoms with Crippen LogP contribution < -0.4 is 10.1 Å². The number of hydrogen-bond acceptors (Lipinski definition) is 4. The van der Waals surface area contributed by atoms with Crippen molar-refractivity contribution in [3.8, 4) is 11.5 Å². The van der Waals surface area contributed by atoms with Gasteiger partial charge in [0.25, 0.3) is 0 Å². The van der Waals surface area contributed by atoms with Crippen molar-refractivity contribution in [3.05, 3.63) is 66.7 Å². The van der Waals surface area contributed by atoms with Crippen molar-refractivity contribution >= 4 is 23.4 Å². The lowest BCUT2D eigenvalue weighted by atomic mass is 9.63. The van der Waals surface area contributed by atoms with E-state index in [-0.39, 0.29) is 47.9 Å². The minimum atomic E-state index is -0.373. The first kappa shape index (κ1) is 18.4. The lowest BCUT2D eigenvalue weighted by Crippen LogP contribution is -2.40. The molecule has 5 aliphatic rings. The number of benzene rings is 2. The van der Waals surface area contributed by atoms with Gasteiger partial charge < -0.3 is 10.1 Å². The fourth-order valence-electron chi connectivity index (χ4n) is 5.75. The molecule has 7 rings (SSSR count). The molecular formula is C25H22N2O4. The number of amides is 3. The van der Waals surface area contributed by atoms with Crippen LogP contribution in [0.25, 0.3) is 0 Å². The summed E-state index contributed by atoms with van der Waals surface area (Å²) in [4.78, 5) is 39.7. The van der Waals surface area contributed by atoms with Crippen LogP contribution in [0.1, 0.15) is 6.42 Å². The summed E-state index contributed by atoms with van der Waals surface area (Å²) in [7, 11) is 0. The molecule has 2 saturated carbocycles. The largest absolute Gasteiger partial charge is 0.457 e. The first-order valence-electron chi connectivity index (χ1n) is 10.8. The van der Waals surface area contributed by atoms with Gasteiger partial charge in [0, 0.05) is 5.69 Å². The highest BCUT2D eigenvalue weighted by Gasteiger charge is 2.67. The molecule has 3 amide bonds. The van der Waals surface area contributed by atoms with Gasteiger partial charge in [0.2, 0.25) is 17.7 Å². The topological polar surface area (TPSA) is 75.7 Å². The Balaban J connectivity index is 1.10. The molecule has 156 valence electrons. The van der Waals surface area contributed by atoms with Crippen LogP contribution in [0.15, 0.2) is 66.7 Å². The minimum absolute atomic E-state index is 0.168. The van der Waals surface area contributed by atoms with E-state index >= 15 is 0 Å². The lowest BCUT2D eigenvalue weighted by Gasteiger charge is -2.37. The van der Waals surface area contributed by atoms with E-state index in [1.165, 1.54) is 4.90 Å². The summed E-state index contributed by atoms with van der Waals surface area (Å²) in [5.41, 5.74) is 0.588. The Morgan fingerprint density at radius 3 is 2.06 bits per heavy atom. The fraction of sp³-hybridized carbons (Fsp3) is 0.320. The zero-order valence-electron chi connectivity index (χ0n) is 16.8. The molecule has 2 aromatic carbocycles. The van der Waals surface area contributed by atoms with Crippen LogP contribution in [0.3, 0.4) is 0 Å². The third-order valence-electron chi connectivity index (χ3n) is 7.17. The van der Waals surface area contributed by atoms with Crippen molar-refractivity contribution in [2.45, 2.75) is 6.42 Å². The maximum atomic E-state index is 13.0. The van der Waals surface area contributed by atoms with Gasteiger partial charge in [-0.05, 0) is 66.5 Å². The van der Waals surface area contributed by atoms with Gasteiger partial charge >= 0.3 is 0 Å². The molecule has 1 heterocycles. The molecule has 0 aromatic heterocycles. The van der Waals surface area contributed by atoms with Gasteiger partial charge in [-0.2, -0.15) is 0 Å². The van der Waals surface area contributed by atoms with Crippen molar-refractivity contribution < 1.29 is 19.1 Å². The van der Waals surface area contributed by atoms with E-state index in [4.69, 9.17) is 4.74 Å². The monoisotopic (exact) mass is 414 g/mol. The number of likely N-dealkylation sites (tertiary alicyclic amines) is 1. The number of rotatable bonds is 5. The predicted octanol–water partition coefficient (Wildman–Crippen LogP) is 3.47. The van der Waals surface area contributed by atoms with Crippen LogP contribution in [0.2, 0.25) is 0 Å². The van der Waals surface area contributed by atoms with Gasteiger partial charge in [0.15, 0.2) is 0 Å². The molecule has 1 N–H and O–H groups in total. The van der Waals surface area contributed by atoms with E-state index in [0.717, 1.165) is 12.2 Å². The summed E-state index contributed by atoms with van der Waals surface area (Å²) in [5.74, 6) is 1.56. The van der Waals surface area contributed by atoms with Gasteiger partial charge in [-0.15, -0.1) is 0 Å². The Kier molecular flexibility index (Phi) is 4.03. The Morgan fingerprint density at radius 1 is 0.871 bits per heavy atom. The number of imide groups is 1. The number of carbonyl (C=O) groups excluding carboxylic acids is 3. The number of carbonyl (C=O) groups is 3. The summed E-state index contributed by atoms with van der Waals surface area (Å²) >= 11 is 0. The number of nitrogens with zero attached hydrogens (tertiary/aromatic N) is 1. The predicted molar refractivity (Wildman–Crippen MR) is 113 cm³/mol. The van der Waals surface area contributed by atoms with Crippen LogP contribution in [0, 0.1) is 35.5 Å². The molecule has 1 saturated heterocycles. The summed E-state index contributed by atoms with van der Waals surface area (Å²) in [5, 5.41) is 2.78. The highest BCUT2D eigenvalue weighted by atomic mass is 16.5. The zero-order chi connectivity index (χ0) is 21.1. The number of allylic oxidation sites excluding steroid dienone is 2. The smallest absolute Gasteiger partial charge is 0.244 e. The average Bonchev–Trinajstić information content (AvgIpc) is 3.57. The van der Waals surface area contributed by atoms with Gasteiger partial charge in [-0.1, -0.05) is 30.4 Å². The SMILES string of the molecule is O=C(CN1C(=O)[C@@H]2[C@H]3C=C[C@@H]([C@@H]4C[C@H]34)[C@H]2C1=O)Nc1ccc(Oc2ccccc2)cc1. The van der Waals surface area contributed by atoms with Crippen LogP contribution in [0.4, 0.5) is 5.69 Å². The fourth-order valence-corrected chi connectivity index (χ4v) is 5.75. The van der Waals surface area contributed by atoms with Gasteiger partial charge in [0.1, 0.15) is 18.0 Å². The molecule has 6 nitrogen and oxygen atoms in total. The molecule has 0 spiro atoms. The molecular weight excluding hydrogens is 392 g/mol. The quantitative estimate of drug-likeness (QED) is 0.601. The number of hydrogen-bond donors (Lipinski definition) is 1. The summed E-state index contributed by atoms with van der Waals surface area (Å²) in [6, 6.07) is 16.4. The molecule has 3 fully saturated rings. The number of para-hydroxylation sites is 1. The van der Waals surface area contributed by atoms with E-state index in [1.807, 2.05) is 30.3 Å². The molecule has 0 unspecified atom stereocenters. The third kappa shape index (κ3) is 2.97. The molecule has 31 heavy (non-hydrogen) atoms. The van der Waals surface area contributed by atoms with Crippen molar-refractivity contribution in [2.75, 3.05) is 11.9 Å². The van der Waals surface area contributed by atoms with E-state index in [9.17, 15) is 14.4 Å². The summed E-state index contributed by atoms with van der Waals surface area (Å²) in [6.45, 7) is -0.234. The van der Waals surface area contributed by atoms with E-state index in [2.05, 4.69) is 17.5 Å². The van der Waals surface area contributed by atoms with Crippen LogP contribution in [-0.2, 0) is 14.4 Å². The Hall–Kier alpha value is -3.41. The first-order valence-corrected chi connectivity index (χ1v) is 10.8. The average molecular weight is 414 g/mol. The Morgan fingerprint density at radius 2 is 1.45 bits per heavy atom. The lowest BCUT2D eigenvalue weighted by molar-refractivity contribution is -0.142. The number of ether oxygens (including phenoxy) is 1. The first-order chi connectivity index (χ1) is 15.1. The Bertz CT molecular complexity index is 1060. The highest BCUT2D eigenvalue weighted by molar-refractivity contribution is 6.09. The van der Waals surface area contributed by atoms with Crippen molar-refractivity contribution in [3.63, 3.8) is 0 Å². The molecule has 2 aromatic rings. The second kappa shape index (κ2) is 6.80. The molecule has 0 radical (unpaired) electrons. The van der Waals surface area contributed by atoms with Gasteiger partial charge in [-0.3, -0.25) is 19.3 Å². The van der Waals surface area contributed by atoms with E-state index in [1.54, 1.807) is 24.3 Å². The molecule has 6 atom stereocenters. The van der Waals surface area contributed by atoms with Crippen LogP contribution >= 0.6 is 0 Å². The normalized spacial score (nSPS) is 31.9. The number of nitrogens with one attached hydrogen (secondary N) is 1. The minimum Gasteiger partial charge on any atom is -0.457 e. The van der Waals surface area contributed by atoms with Crippen LogP contribution in [0.5, 0.6) is 11.5 Å². The standard InChI is InChI=1S/C25H22N2O4/c28-21(26-14-6-8-16(9-7-14)31-15-4-2-1-3-5-15)13-27-24(29)22-17-10-11-18(20-12-19(17)20)23(22)25(27)30/h1-11,17-20,22-23H,12-13H2,(H,26,28)/t17-,18-,19-,20+,22+,23+/m0/s1.